The fourth-order valence-electron chi connectivity index (χ4n) is 4.22. The van der Waals surface area contributed by atoms with Gasteiger partial charge in [-0.05, 0) is 54.9 Å². The molecule has 2 heterocycles. The molecule has 0 atom stereocenters. The molecule has 1 aliphatic carbocycles. The van der Waals surface area contributed by atoms with E-state index in [0.29, 0.717) is 38.3 Å². The van der Waals surface area contributed by atoms with E-state index in [1.807, 2.05) is 18.2 Å². The van der Waals surface area contributed by atoms with E-state index in [1.165, 1.54) is 6.21 Å². The highest BCUT2D eigenvalue weighted by Crippen LogP contribution is 2.29. The molecule has 3 aromatic rings. The fraction of sp³-hybridized carbons (Fsp3) is 0.318. The van der Waals surface area contributed by atoms with E-state index in [9.17, 15) is 18.5 Å². The van der Waals surface area contributed by atoms with Crippen LogP contribution in [0.4, 0.5) is 11.6 Å². The predicted molar refractivity (Wildman–Crippen MR) is 130 cm³/mol. The molecular weight excluding hydrogens is 457 g/mol. The van der Waals surface area contributed by atoms with E-state index >= 15 is 0 Å². The van der Waals surface area contributed by atoms with Gasteiger partial charge >= 0.3 is 7.05 Å². The first-order chi connectivity index (χ1) is 16.3. The molecule has 12 heteroatoms. The van der Waals surface area contributed by atoms with Crippen LogP contribution in [0.1, 0.15) is 31.2 Å². The summed E-state index contributed by atoms with van der Waals surface area (Å²) in [7, 11) is -5.15. The lowest BCUT2D eigenvalue weighted by Gasteiger charge is -2.26. The van der Waals surface area contributed by atoms with E-state index in [4.69, 9.17) is 4.74 Å². The van der Waals surface area contributed by atoms with Gasteiger partial charge in [0, 0.05) is 17.3 Å². The van der Waals surface area contributed by atoms with Crippen molar-refractivity contribution in [1.29, 1.82) is 0 Å². The van der Waals surface area contributed by atoms with E-state index in [2.05, 4.69) is 20.4 Å². The Morgan fingerprint density at radius 1 is 1.18 bits per heavy atom. The molecule has 1 aliphatic heterocycles. The summed E-state index contributed by atoms with van der Waals surface area (Å²) in [4.78, 5) is 9.02. The van der Waals surface area contributed by atoms with Crippen LogP contribution in [0.5, 0.6) is 5.75 Å². The Bertz CT molecular complexity index is 1360. The minimum Gasteiger partial charge on any atom is -0.488 e. The molecule has 3 N–H and O–H groups in total. The number of nitrogens with one attached hydrogen (secondary N) is 1. The molecule has 0 amide bonds. The zero-order valence-electron chi connectivity index (χ0n) is 18.5. The number of hydrogen-bond acceptors (Lipinski definition) is 9. The lowest BCUT2D eigenvalue weighted by Crippen LogP contribution is -2.51. The Labute approximate surface area is 197 Å². The third kappa shape index (κ3) is 4.56. The maximum absolute atomic E-state index is 11.9. The number of ether oxygens (including phenoxy) is 1. The highest BCUT2D eigenvalue weighted by molar-refractivity contribution is 7.89. The SMILES string of the molecule is CS(=O)(=O)N1N=Cc2ccc(Nc3ncc4cccc(OC5CCC(O)CC5)c4n3)cc2B1O. The van der Waals surface area contributed by atoms with Crippen LogP contribution in [0.25, 0.3) is 10.9 Å². The number of aromatic nitrogens is 2. The van der Waals surface area contributed by atoms with E-state index in [1.54, 1.807) is 24.4 Å². The molecule has 10 nitrogen and oxygen atoms in total. The van der Waals surface area contributed by atoms with Crippen LogP contribution < -0.4 is 15.5 Å². The second-order valence-corrected chi connectivity index (χ2v) is 10.4. The van der Waals surface area contributed by atoms with Gasteiger partial charge in [-0.25, -0.2) is 22.7 Å². The third-order valence-corrected chi connectivity index (χ3v) is 6.97. The maximum atomic E-state index is 11.9. The number of para-hydroxylation sites is 1. The molecule has 2 aromatic carbocycles. The molecule has 1 aromatic heterocycles. The van der Waals surface area contributed by atoms with Crippen molar-refractivity contribution in [2.75, 3.05) is 11.6 Å². The third-order valence-electron chi connectivity index (χ3n) is 5.99. The van der Waals surface area contributed by atoms with Crippen molar-refractivity contribution >= 4 is 51.3 Å². The largest absolute Gasteiger partial charge is 0.488 e. The lowest BCUT2D eigenvalue weighted by molar-refractivity contribution is 0.0672. The van der Waals surface area contributed by atoms with Gasteiger partial charge in [0.25, 0.3) is 0 Å². The van der Waals surface area contributed by atoms with Gasteiger partial charge in [0.15, 0.2) is 0 Å². The summed E-state index contributed by atoms with van der Waals surface area (Å²) in [5.41, 5.74) is 2.26. The molecule has 1 saturated carbocycles. The molecule has 0 radical (unpaired) electrons. The van der Waals surface area contributed by atoms with Gasteiger partial charge in [-0.15, -0.1) is 0 Å². The molecule has 5 rings (SSSR count). The van der Waals surface area contributed by atoms with Gasteiger partial charge in [0.2, 0.25) is 16.0 Å². The summed E-state index contributed by atoms with van der Waals surface area (Å²) in [6, 6.07) is 10.8. The number of benzene rings is 2. The van der Waals surface area contributed by atoms with Gasteiger partial charge < -0.3 is 20.2 Å². The van der Waals surface area contributed by atoms with Crippen molar-refractivity contribution < 1.29 is 23.3 Å². The summed E-state index contributed by atoms with van der Waals surface area (Å²) >= 11 is 0. The molecule has 0 bridgehead atoms. The van der Waals surface area contributed by atoms with Crippen LogP contribution in [0.2, 0.25) is 0 Å². The highest BCUT2D eigenvalue weighted by Gasteiger charge is 2.35. The normalized spacial score (nSPS) is 20.3. The first-order valence-corrected chi connectivity index (χ1v) is 12.9. The van der Waals surface area contributed by atoms with Crippen LogP contribution in [-0.2, 0) is 10.0 Å². The number of sulfonamides is 1. The summed E-state index contributed by atoms with van der Waals surface area (Å²) < 4.78 is 30.7. The Balaban J connectivity index is 1.41. The van der Waals surface area contributed by atoms with Crippen molar-refractivity contribution in [2.45, 2.75) is 37.9 Å². The second-order valence-electron chi connectivity index (χ2n) is 8.56. The zero-order chi connectivity index (χ0) is 23.9. The Kier molecular flexibility index (Phi) is 5.88. The van der Waals surface area contributed by atoms with Gasteiger partial charge in [-0.2, -0.15) is 5.10 Å². The van der Waals surface area contributed by atoms with E-state index in [0.717, 1.165) is 37.3 Å². The first kappa shape index (κ1) is 22.6. The van der Waals surface area contributed by atoms with E-state index < -0.39 is 17.1 Å². The average Bonchev–Trinajstić information content (AvgIpc) is 2.81. The number of nitrogens with zero attached hydrogens (tertiary/aromatic N) is 4. The topological polar surface area (TPSA) is 137 Å². The minimum atomic E-state index is -3.72. The first-order valence-electron chi connectivity index (χ1n) is 11.0. The Morgan fingerprint density at radius 2 is 1.97 bits per heavy atom. The second kappa shape index (κ2) is 8.86. The van der Waals surface area contributed by atoms with Gasteiger partial charge in [-0.3, -0.25) is 0 Å². The standard InChI is InChI=1S/C22H24BN5O5S/c1-34(31,32)28-23(30)19-11-16(6-5-14(19)13-25-28)26-22-24-12-15-3-2-4-20(21(15)27-22)33-18-9-7-17(29)8-10-18/h2-6,11-13,17-18,29-30H,7-10H2,1H3,(H,24,26,27). The number of fused-ring (bicyclic) bond motifs is 2. The van der Waals surface area contributed by atoms with Gasteiger partial charge in [0.05, 0.1) is 24.7 Å². The number of aliphatic hydroxyl groups excluding tert-OH is 1. The molecule has 1 fully saturated rings. The Morgan fingerprint density at radius 3 is 2.74 bits per heavy atom. The zero-order valence-corrected chi connectivity index (χ0v) is 19.3. The molecule has 0 spiro atoms. The van der Waals surface area contributed by atoms with Crippen LogP contribution in [0.15, 0.2) is 47.7 Å². The van der Waals surface area contributed by atoms with Crippen molar-refractivity contribution in [2.24, 2.45) is 5.10 Å². The van der Waals surface area contributed by atoms with Crippen LogP contribution >= 0.6 is 0 Å². The van der Waals surface area contributed by atoms with Crippen molar-refractivity contribution in [3.63, 3.8) is 0 Å². The van der Waals surface area contributed by atoms with Crippen molar-refractivity contribution in [3.05, 3.63) is 48.2 Å². The molecule has 2 aliphatic rings. The number of aliphatic hydroxyl groups is 1. The molecular formula is C22H24BN5O5S. The van der Waals surface area contributed by atoms with Gasteiger partial charge in [0.1, 0.15) is 11.3 Å². The van der Waals surface area contributed by atoms with Crippen LogP contribution in [0.3, 0.4) is 0 Å². The fourth-order valence-corrected chi connectivity index (χ4v) is 4.91. The summed E-state index contributed by atoms with van der Waals surface area (Å²) in [6.45, 7) is 0. The van der Waals surface area contributed by atoms with Crippen molar-refractivity contribution in [3.8, 4) is 5.75 Å². The quantitative estimate of drug-likeness (QED) is 0.465. The molecule has 34 heavy (non-hydrogen) atoms. The number of hydrogen-bond donors (Lipinski definition) is 3. The van der Waals surface area contributed by atoms with Crippen molar-refractivity contribution in [1.82, 2.24) is 14.3 Å². The summed E-state index contributed by atoms with van der Waals surface area (Å²) in [6.07, 6.45) is 6.89. The van der Waals surface area contributed by atoms with Gasteiger partial charge in [-0.1, -0.05) is 18.2 Å². The van der Waals surface area contributed by atoms with Crippen LogP contribution in [0, 0.1) is 0 Å². The summed E-state index contributed by atoms with van der Waals surface area (Å²) in [5, 5.41) is 28.1. The lowest BCUT2D eigenvalue weighted by atomic mass is 9.71. The number of hydrazone groups is 1. The van der Waals surface area contributed by atoms with Crippen LogP contribution in [-0.4, -0.2) is 64.6 Å². The number of rotatable bonds is 5. The smallest absolute Gasteiger partial charge is 0.484 e. The summed E-state index contributed by atoms with van der Waals surface area (Å²) in [5.74, 6) is 0.992. The van der Waals surface area contributed by atoms with E-state index in [-0.39, 0.29) is 12.2 Å². The number of anilines is 2. The molecule has 176 valence electrons. The highest BCUT2D eigenvalue weighted by atomic mass is 32.2. The minimum absolute atomic E-state index is 0.0296. The maximum Gasteiger partial charge on any atom is 0.484 e. The average molecular weight is 481 g/mol. The molecule has 0 unspecified atom stereocenters. The Hall–Kier alpha value is -3.22. The molecule has 0 saturated heterocycles. The monoisotopic (exact) mass is 481 g/mol. The predicted octanol–water partition coefficient (Wildman–Crippen LogP) is 1.35.